The van der Waals surface area contributed by atoms with Crippen LogP contribution in [-0.4, -0.2) is 59.1 Å². The molecule has 2 atom stereocenters. The van der Waals surface area contributed by atoms with Gasteiger partial charge in [0, 0.05) is 11.8 Å². The Kier molecular flexibility index (Phi) is 7.13. The normalized spacial score (nSPS) is 19.8. The monoisotopic (exact) mass is 291 g/mol. The van der Waals surface area contributed by atoms with E-state index in [4.69, 9.17) is 9.84 Å². The number of carbonyl (C=O) groups excluding carboxylic acids is 1. The molecule has 1 fully saturated rings. The highest BCUT2D eigenvalue weighted by Gasteiger charge is 2.38. The van der Waals surface area contributed by atoms with Crippen LogP contribution in [0.15, 0.2) is 0 Å². The first kappa shape index (κ1) is 16.8. The Morgan fingerprint density at radius 2 is 2.26 bits per heavy atom. The number of hydrogen-bond donors (Lipinski definition) is 3. The lowest BCUT2D eigenvalue weighted by Gasteiger charge is -2.28. The van der Waals surface area contributed by atoms with E-state index in [2.05, 4.69) is 5.32 Å². The van der Waals surface area contributed by atoms with Gasteiger partial charge < -0.3 is 14.9 Å². The summed E-state index contributed by atoms with van der Waals surface area (Å²) in [6, 6.07) is 0.452. The number of aliphatic hydroxyl groups is 2. The summed E-state index contributed by atoms with van der Waals surface area (Å²) < 4.78 is 4.88. The second kappa shape index (κ2) is 8.09. The first-order valence-corrected chi connectivity index (χ1v) is 7.90. The van der Waals surface area contributed by atoms with Gasteiger partial charge in [0.15, 0.2) is 0 Å². The van der Waals surface area contributed by atoms with Crippen molar-refractivity contribution in [2.45, 2.75) is 50.3 Å². The molecule has 0 aromatic rings. The van der Waals surface area contributed by atoms with Crippen molar-refractivity contribution >= 4 is 17.7 Å². The van der Waals surface area contributed by atoms with E-state index in [1.54, 1.807) is 11.8 Å². The Labute approximate surface area is 119 Å². The van der Waals surface area contributed by atoms with Crippen molar-refractivity contribution in [2.24, 2.45) is 0 Å². The summed E-state index contributed by atoms with van der Waals surface area (Å²) in [4.78, 5) is 11.9. The average Bonchev–Trinajstić information content (AvgIpc) is 3.20. The Morgan fingerprint density at radius 3 is 2.79 bits per heavy atom. The Morgan fingerprint density at radius 1 is 1.58 bits per heavy atom. The second-order valence-corrected chi connectivity index (χ2v) is 6.41. The topological polar surface area (TPSA) is 78.8 Å². The minimum absolute atomic E-state index is 0.198. The fourth-order valence-electron chi connectivity index (χ4n) is 1.94. The van der Waals surface area contributed by atoms with Gasteiger partial charge in [-0.1, -0.05) is 0 Å². The molecule has 0 radical (unpaired) electrons. The molecule has 0 aromatic carbocycles. The maximum Gasteiger partial charge on any atom is 0.325 e. The molecule has 0 heterocycles. The molecule has 0 aromatic heterocycles. The van der Waals surface area contributed by atoms with Crippen LogP contribution < -0.4 is 5.32 Å². The Hall–Kier alpha value is -0.300. The predicted molar refractivity (Wildman–Crippen MR) is 76.2 cm³/mol. The SMILES string of the molecule is COC(=O)C(C)(CCCSCC(O)CO)NC1CC1. The quantitative estimate of drug-likeness (QED) is 0.403. The summed E-state index contributed by atoms with van der Waals surface area (Å²) in [5.41, 5.74) is -0.605. The van der Waals surface area contributed by atoms with Crippen LogP contribution in [0.25, 0.3) is 0 Å². The molecule has 0 saturated heterocycles. The molecule has 0 bridgehead atoms. The van der Waals surface area contributed by atoms with Crippen LogP contribution in [0.5, 0.6) is 0 Å². The molecule has 0 spiro atoms. The van der Waals surface area contributed by atoms with E-state index in [1.807, 2.05) is 6.92 Å². The van der Waals surface area contributed by atoms with Crippen LogP contribution in [0.4, 0.5) is 0 Å². The minimum Gasteiger partial charge on any atom is -0.468 e. The van der Waals surface area contributed by atoms with Crippen molar-refractivity contribution in [3.05, 3.63) is 0 Å². The van der Waals surface area contributed by atoms with Crippen LogP contribution in [0.3, 0.4) is 0 Å². The standard InChI is InChI=1S/C13H25NO4S/c1-13(12(17)18-2,14-10-4-5-10)6-3-7-19-9-11(16)8-15/h10-11,14-16H,3-9H2,1-2H3. The molecule has 1 aliphatic rings. The van der Waals surface area contributed by atoms with Crippen LogP contribution in [0.1, 0.15) is 32.6 Å². The van der Waals surface area contributed by atoms with Gasteiger partial charge in [0.05, 0.1) is 19.8 Å². The van der Waals surface area contributed by atoms with E-state index in [1.165, 1.54) is 7.11 Å². The van der Waals surface area contributed by atoms with Crippen LogP contribution in [-0.2, 0) is 9.53 Å². The van der Waals surface area contributed by atoms with Gasteiger partial charge in [0.25, 0.3) is 0 Å². The lowest BCUT2D eigenvalue weighted by molar-refractivity contribution is -0.148. The van der Waals surface area contributed by atoms with E-state index in [9.17, 15) is 9.90 Å². The molecule has 112 valence electrons. The molecular weight excluding hydrogens is 266 g/mol. The van der Waals surface area contributed by atoms with Crippen LogP contribution in [0.2, 0.25) is 0 Å². The zero-order valence-corrected chi connectivity index (χ0v) is 12.5. The number of hydrogen-bond acceptors (Lipinski definition) is 6. The van der Waals surface area contributed by atoms with Crippen molar-refractivity contribution in [1.82, 2.24) is 5.32 Å². The Balaban J connectivity index is 2.26. The third-order valence-corrected chi connectivity index (χ3v) is 4.42. The fraction of sp³-hybridized carbons (Fsp3) is 0.923. The van der Waals surface area contributed by atoms with Gasteiger partial charge in [-0.2, -0.15) is 11.8 Å². The van der Waals surface area contributed by atoms with Gasteiger partial charge in [0.1, 0.15) is 5.54 Å². The number of carbonyl (C=O) groups is 1. The van der Waals surface area contributed by atoms with E-state index >= 15 is 0 Å². The van der Waals surface area contributed by atoms with Gasteiger partial charge in [-0.3, -0.25) is 10.1 Å². The minimum atomic E-state index is -0.651. The van der Waals surface area contributed by atoms with Gasteiger partial charge in [-0.05, 0) is 38.4 Å². The van der Waals surface area contributed by atoms with Crippen molar-refractivity contribution in [3.8, 4) is 0 Å². The molecule has 0 aliphatic heterocycles. The first-order valence-electron chi connectivity index (χ1n) is 6.74. The number of rotatable bonds is 10. The van der Waals surface area contributed by atoms with E-state index < -0.39 is 11.6 Å². The van der Waals surface area contributed by atoms with Crippen LogP contribution >= 0.6 is 11.8 Å². The summed E-state index contributed by atoms with van der Waals surface area (Å²) in [6.45, 7) is 1.69. The molecule has 5 nitrogen and oxygen atoms in total. The maximum atomic E-state index is 11.9. The number of aliphatic hydroxyl groups excluding tert-OH is 2. The molecular formula is C13H25NO4S. The number of ether oxygens (including phenoxy) is 1. The third kappa shape index (κ3) is 6.12. The highest BCUT2D eigenvalue weighted by Crippen LogP contribution is 2.26. The van der Waals surface area contributed by atoms with Crippen molar-refractivity contribution in [2.75, 3.05) is 25.2 Å². The largest absolute Gasteiger partial charge is 0.468 e. The number of nitrogens with one attached hydrogen (secondary N) is 1. The number of methoxy groups -OCH3 is 1. The summed E-state index contributed by atoms with van der Waals surface area (Å²) in [6.07, 6.45) is 3.20. The second-order valence-electron chi connectivity index (χ2n) is 5.26. The van der Waals surface area contributed by atoms with Gasteiger partial charge in [-0.25, -0.2) is 0 Å². The molecule has 6 heteroatoms. The highest BCUT2D eigenvalue weighted by molar-refractivity contribution is 7.99. The summed E-state index contributed by atoms with van der Waals surface area (Å²) in [5, 5.41) is 21.3. The number of esters is 1. The van der Waals surface area contributed by atoms with E-state index in [0.717, 1.165) is 31.4 Å². The van der Waals surface area contributed by atoms with Crippen LogP contribution in [0, 0.1) is 0 Å². The molecule has 0 amide bonds. The first-order chi connectivity index (χ1) is 9.01. The predicted octanol–water partition coefficient (Wildman–Crippen LogP) is 0.537. The highest BCUT2D eigenvalue weighted by atomic mass is 32.2. The van der Waals surface area contributed by atoms with Crippen molar-refractivity contribution < 1.29 is 19.7 Å². The molecule has 19 heavy (non-hydrogen) atoms. The zero-order chi connectivity index (χ0) is 14.3. The maximum absolute atomic E-state index is 11.9. The van der Waals surface area contributed by atoms with Crippen molar-refractivity contribution in [1.29, 1.82) is 0 Å². The lowest BCUT2D eigenvalue weighted by atomic mass is 9.96. The fourth-order valence-corrected chi connectivity index (χ4v) is 2.83. The summed E-state index contributed by atoms with van der Waals surface area (Å²) >= 11 is 1.59. The molecule has 2 unspecified atom stereocenters. The zero-order valence-electron chi connectivity index (χ0n) is 11.7. The Bertz CT molecular complexity index is 286. The van der Waals surface area contributed by atoms with E-state index in [0.29, 0.717) is 11.8 Å². The smallest absolute Gasteiger partial charge is 0.325 e. The third-order valence-electron chi connectivity index (χ3n) is 3.22. The lowest BCUT2D eigenvalue weighted by Crippen LogP contribution is -2.51. The average molecular weight is 291 g/mol. The van der Waals surface area contributed by atoms with Gasteiger partial charge in [0.2, 0.25) is 0 Å². The summed E-state index contributed by atoms with van der Waals surface area (Å²) in [5.74, 6) is 1.18. The molecule has 1 rings (SSSR count). The molecule has 1 aliphatic carbocycles. The molecule has 3 N–H and O–H groups in total. The summed E-state index contributed by atoms with van der Waals surface area (Å²) in [7, 11) is 1.42. The number of thioether (sulfide) groups is 1. The van der Waals surface area contributed by atoms with Crippen molar-refractivity contribution in [3.63, 3.8) is 0 Å². The molecule has 1 saturated carbocycles. The van der Waals surface area contributed by atoms with E-state index in [-0.39, 0.29) is 12.6 Å². The van der Waals surface area contributed by atoms with Gasteiger partial charge in [-0.15, -0.1) is 0 Å². The van der Waals surface area contributed by atoms with Gasteiger partial charge >= 0.3 is 5.97 Å².